The van der Waals surface area contributed by atoms with E-state index in [2.05, 4.69) is 5.10 Å². The van der Waals surface area contributed by atoms with Crippen LogP contribution in [0.3, 0.4) is 0 Å². The fourth-order valence-corrected chi connectivity index (χ4v) is 3.41. The van der Waals surface area contributed by atoms with Crippen LogP contribution in [0.4, 0.5) is 13.2 Å². The Kier molecular flexibility index (Phi) is 3.71. The summed E-state index contributed by atoms with van der Waals surface area (Å²) in [6.45, 7) is 1.94. The SMILES string of the molecule is Cc1cn(C2CC2)c(=O)c2nn(C)c(Cc3ccc(C(F)(F)F)cc3)c12. The molecule has 2 aromatic heterocycles. The predicted molar refractivity (Wildman–Crippen MR) is 92.2 cm³/mol. The Bertz CT molecular complexity index is 1040. The van der Waals surface area contributed by atoms with Gasteiger partial charge >= 0.3 is 6.18 Å². The van der Waals surface area contributed by atoms with Crippen LogP contribution in [-0.2, 0) is 19.6 Å². The zero-order valence-corrected chi connectivity index (χ0v) is 14.5. The van der Waals surface area contributed by atoms with E-state index in [1.807, 2.05) is 13.1 Å². The standard InChI is InChI=1S/C19H18F3N3O/c1-11-10-25(14-7-8-14)18(26)17-16(11)15(24(2)23-17)9-12-3-5-13(6-4-12)19(20,21)22/h3-6,10,14H,7-9H2,1-2H3. The first-order valence-corrected chi connectivity index (χ1v) is 8.49. The van der Waals surface area contributed by atoms with E-state index in [0.29, 0.717) is 11.9 Å². The smallest absolute Gasteiger partial charge is 0.310 e. The first-order valence-electron chi connectivity index (χ1n) is 8.49. The lowest BCUT2D eigenvalue weighted by Gasteiger charge is -2.09. The zero-order chi connectivity index (χ0) is 18.6. The highest BCUT2D eigenvalue weighted by Gasteiger charge is 2.30. The minimum Gasteiger partial charge on any atom is -0.310 e. The summed E-state index contributed by atoms with van der Waals surface area (Å²) in [5.74, 6) is 0. The van der Waals surface area contributed by atoms with Gasteiger partial charge < -0.3 is 4.57 Å². The summed E-state index contributed by atoms with van der Waals surface area (Å²) < 4.78 is 41.6. The lowest BCUT2D eigenvalue weighted by atomic mass is 10.0. The molecule has 0 spiro atoms. The van der Waals surface area contributed by atoms with Crippen LogP contribution in [0.5, 0.6) is 0 Å². The van der Waals surface area contributed by atoms with E-state index in [1.165, 1.54) is 12.1 Å². The maximum Gasteiger partial charge on any atom is 0.416 e. The van der Waals surface area contributed by atoms with Crippen molar-refractivity contribution in [2.24, 2.45) is 7.05 Å². The predicted octanol–water partition coefficient (Wildman–Crippen LogP) is 3.99. The molecule has 2 heterocycles. The molecule has 26 heavy (non-hydrogen) atoms. The summed E-state index contributed by atoms with van der Waals surface area (Å²) in [7, 11) is 1.76. The fraction of sp³-hybridized carbons (Fsp3) is 0.368. The van der Waals surface area contributed by atoms with E-state index < -0.39 is 11.7 Å². The second-order valence-electron chi connectivity index (χ2n) is 6.92. The van der Waals surface area contributed by atoms with E-state index in [9.17, 15) is 18.0 Å². The largest absolute Gasteiger partial charge is 0.416 e. The molecular formula is C19H18F3N3O. The lowest BCUT2D eigenvalue weighted by molar-refractivity contribution is -0.137. The number of hydrogen-bond acceptors (Lipinski definition) is 2. The van der Waals surface area contributed by atoms with Crippen molar-refractivity contribution in [3.05, 3.63) is 63.2 Å². The van der Waals surface area contributed by atoms with Gasteiger partial charge in [0.2, 0.25) is 0 Å². The Hall–Kier alpha value is -2.57. The minimum atomic E-state index is -4.35. The quantitative estimate of drug-likeness (QED) is 0.708. The van der Waals surface area contributed by atoms with Gasteiger partial charge in [0.05, 0.1) is 11.3 Å². The van der Waals surface area contributed by atoms with E-state index >= 15 is 0 Å². The third-order valence-corrected chi connectivity index (χ3v) is 4.92. The summed E-state index contributed by atoms with van der Waals surface area (Å²) in [5.41, 5.74) is 2.20. The zero-order valence-electron chi connectivity index (χ0n) is 14.5. The number of nitrogens with zero attached hydrogens (tertiary/aromatic N) is 3. The molecule has 0 saturated heterocycles. The maximum absolute atomic E-state index is 12.7. The Balaban J connectivity index is 1.76. The summed E-state index contributed by atoms with van der Waals surface area (Å²) >= 11 is 0. The van der Waals surface area contributed by atoms with Crippen molar-refractivity contribution in [1.82, 2.24) is 14.3 Å². The van der Waals surface area contributed by atoms with Crippen LogP contribution in [0.25, 0.3) is 10.9 Å². The van der Waals surface area contributed by atoms with Gasteiger partial charge in [-0.1, -0.05) is 12.1 Å². The molecule has 1 aromatic carbocycles. The van der Waals surface area contributed by atoms with E-state index in [0.717, 1.165) is 47.2 Å². The van der Waals surface area contributed by atoms with Gasteiger partial charge in [-0.15, -0.1) is 0 Å². The van der Waals surface area contributed by atoms with Crippen molar-refractivity contribution in [1.29, 1.82) is 0 Å². The van der Waals surface area contributed by atoms with E-state index in [1.54, 1.807) is 16.3 Å². The molecule has 136 valence electrons. The second kappa shape index (κ2) is 5.72. The molecule has 0 bridgehead atoms. The van der Waals surface area contributed by atoms with Gasteiger partial charge in [-0.3, -0.25) is 9.48 Å². The first-order chi connectivity index (χ1) is 12.3. The summed E-state index contributed by atoms with van der Waals surface area (Å²) in [5, 5.41) is 5.20. The number of benzene rings is 1. The summed E-state index contributed by atoms with van der Waals surface area (Å²) in [6, 6.07) is 5.39. The first kappa shape index (κ1) is 16.9. The molecule has 3 aromatic rings. The van der Waals surface area contributed by atoms with Gasteiger partial charge in [0.25, 0.3) is 5.56 Å². The molecule has 0 N–H and O–H groups in total. The lowest BCUT2D eigenvalue weighted by Crippen LogP contribution is -2.19. The summed E-state index contributed by atoms with van der Waals surface area (Å²) in [4.78, 5) is 12.7. The molecule has 0 atom stereocenters. The molecule has 1 fully saturated rings. The van der Waals surface area contributed by atoms with Crippen LogP contribution in [0.15, 0.2) is 35.3 Å². The monoisotopic (exact) mass is 361 g/mol. The van der Waals surface area contributed by atoms with Crippen molar-refractivity contribution in [3.8, 4) is 0 Å². The maximum atomic E-state index is 12.7. The van der Waals surface area contributed by atoms with Gasteiger partial charge in [0.15, 0.2) is 5.52 Å². The Morgan fingerprint density at radius 3 is 2.42 bits per heavy atom. The molecule has 4 rings (SSSR count). The molecule has 4 nitrogen and oxygen atoms in total. The minimum absolute atomic E-state index is 0.0950. The van der Waals surface area contributed by atoms with Crippen molar-refractivity contribution < 1.29 is 13.2 Å². The molecule has 0 unspecified atom stereocenters. The number of aromatic nitrogens is 3. The normalized spacial score (nSPS) is 15.0. The number of aryl methyl sites for hydroxylation is 2. The number of halogens is 3. The van der Waals surface area contributed by atoms with E-state index in [4.69, 9.17) is 0 Å². The Labute approximate surface area is 147 Å². The Morgan fingerprint density at radius 1 is 1.19 bits per heavy atom. The van der Waals surface area contributed by atoms with Gasteiger partial charge in [-0.2, -0.15) is 18.3 Å². The number of fused-ring (bicyclic) bond motifs is 1. The highest BCUT2D eigenvalue weighted by Crippen LogP contribution is 2.35. The highest BCUT2D eigenvalue weighted by atomic mass is 19.4. The van der Waals surface area contributed by atoms with Crippen LogP contribution < -0.4 is 5.56 Å². The highest BCUT2D eigenvalue weighted by molar-refractivity contribution is 5.84. The number of hydrogen-bond donors (Lipinski definition) is 0. The Morgan fingerprint density at radius 2 is 1.85 bits per heavy atom. The molecule has 1 saturated carbocycles. The van der Waals surface area contributed by atoms with Crippen molar-refractivity contribution in [2.45, 2.75) is 38.4 Å². The topological polar surface area (TPSA) is 39.8 Å². The molecule has 0 aliphatic heterocycles. The third kappa shape index (κ3) is 2.81. The van der Waals surface area contributed by atoms with Gasteiger partial charge in [0, 0.05) is 31.1 Å². The van der Waals surface area contributed by atoms with Crippen LogP contribution in [0.1, 0.15) is 41.3 Å². The van der Waals surface area contributed by atoms with Crippen LogP contribution in [0.2, 0.25) is 0 Å². The molecule has 0 amide bonds. The molecule has 1 aliphatic carbocycles. The number of rotatable bonds is 3. The second-order valence-corrected chi connectivity index (χ2v) is 6.92. The van der Waals surface area contributed by atoms with Crippen molar-refractivity contribution in [3.63, 3.8) is 0 Å². The van der Waals surface area contributed by atoms with E-state index in [-0.39, 0.29) is 11.6 Å². The van der Waals surface area contributed by atoms with Gasteiger partial charge in [-0.05, 0) is 43.0 Å². The average Bonchev–Trinajstić information content (AvgIpc) is 3.36. The molecular weight excluding hydrogens is 343 g/mol. The van der Waals surface area contributed by atoms with Gasteiger partial charge in [0.1, 0.15) is 0 Å². The van der Waals surface area contributed by atoms with Crippen molar-refractivity contribution in [2.75, 3.05) is 0 Å². The molecule has 7 heteroatoms. The third-order valence-electron chi connectivity index (χ3n) is 4.92. The van der Waals surface area contributed by atoms with Crippen LogP contribution >= 0.6 is 0 Å². The summed E-state index contributed by atoms with van der Waals surface area (Å²) in [6.07, 6.45) is -0.0342. The molecule has 1 aliphatic rings. The number of pyridine rings is 1. The van der Waals surface area contributed by atoms with Crippen molar-refractivity contribution >= 4 is 10.9 Å². The van der Waals surface area contributed by atoms with Gasteiger partial charge in [-0.25, -0.2) is 0 Å². The number of alkyl halides is 3. The fourth-order valence-electron chi connectivity index (χ4n) is 3.41. The van der Waals surface area contributed by atoms with Crippen LogP contribution in [0, 0.1) is 6.92 Å². The molecule has 0 radical (unpaired) electrons. The van der Waals surface area contributed by atoms with Crippen LogP contribution in [-0.4, -0.2) is 14.3 Å². The average molecular weight is 361 g/mol.